The lowest BCUT2D eigenvalue weighted by atomic mass is 9.93. The molecule has 0 spiro atoms. The van der Waals surface area contributed by atoms with Gasteiger partial charge in [0.2, 0.25) is 15.9 Å². The maximum atomic E-state index is 13.2. The normalized spacial score (nSPS) is 20.1. The van der Waals surface area contributed by atoms with Gasteiger partial charge in [0, 0.05) is 18.3 Å². The summed E-state index contributed by atoms with van der Waals surface area (Å²) in [5, 5.41) is 3.32. The molecule has 2 fully saturated rings. The Morgan fingerprint density at radius 2 is 1.89 bits per heavy atom. The number of rotatable bonds is 9. The fourth-order valence-electron chi connectivity index (χ4n) is 4.21. The van der Waals surface area contributed by atoms with Crippen LogP contribution >= 0.6 is 0 Å². The Kier molecular flexibility index (Phi) is 6.34. The van der Waals surface area contributed by atoms with Gasteiger partial charge in [0.1, 0.15) is 0 Å². The van der Waals surface area contributed by atoms with Gasteiger partial charge >= 0.3 is 0 Å². The van der Waals surface area contributed by atoms with E-state index >= 15 is 0 Å². The average molecular weight is 408 g/mol. The number of anilines is 1. The van der Waals surface area contributed by atoms with Crippen molar-refractivity contribution in [2.75, 3.05) is 30.6 Å². The molecule has 6 nitrogen and oxygen atoms in total. The molecular formula is C21H33N3O3S. The predicted octanol–water partition coefficient (Wildman–Crippen LogP) is 2.72. The first-order valence-electron chi connectivity index (χ1n) is 10.3. The standard InChI is InChI=1S/C21H33N3O3S/c1-16(2)13-19(15-24-11-4-5-12-24)22-20(25)21(9-10-21)17-7-6-8-18(14-17)23-28(3,26)27/h6-8,14,16,19,23H,4-5,9-13,15H2,1-3H3,(H,22,25). The average Bonchev–Trinajstić information content (AvgIpc) is 3.25. The van der Waals surface area contributed by atoms with Crippen molar-refractivity contribution in [2.45, 2.75) is 57.4 Å². The van der Waals surface area contributed by atoms with Crippen LogP contribution in [-0.4, -0.2) is 51.2 Å². The Labute approximate surface area is 169 Å². The summed E-state index contributed by atoms with van der Waals surface area (Å²) >= 11 is 0. The minimum Gasteiger partial charge on any atom is -0.351 e. The molecule has 2 N–H and O–H groups in total. The van der Waals surface area contributed by atoms with Gasteiger partial charge in [-0.1, -0.05) is 26.0 Å². The fraction of sp³-hybridized carbons (Fsp3) is 0.667. The minimum absolute atomic E-state index is 0.0776. The molecule has 1 aromatic carbocycles. The van der Waals surface area contributed by atoms with Gasteiger partial charge in [-0.2, -0.15) is 0 Å². The van der Waals surface area contributed by atoms with Crippen molar-refractivity contribution >= 4 is 21.6 Å². The highest BCUT2D eigenvalue weighted by Crippen LogP contribution is 2.49. The Morgan fingerprint density at radius 3 is 2.46 bits per heavy atom. The second-order valence-corrected chi connectivity index (χ2v) is 10.6. The Bertz CT molecular complexity index is 797. The molecule has 1 amide bonds. The number of hydrogen-bond acceptors (Lipinski definition) is 4. The lowest BCUT2D eigenvalue weighted by molar-refractivity contribution is -0.124. The zero-order valence-corrected chi connectivity index (χ0v) is 18.0. The minimum atomic E-state index is -3.34. The summed E-state index contributed by atoms with van der Waals surface area (Å²) in [6.45, 7) is 7.53. The van der Waals surface area contributed by atoms with Crippen LogP contribution in [0.3, 0.4) is 0 Å². The van der Waals surface area contributed by atoms with Crippen molar-refractivity contribution in [1.29, 1.82) is 0 Å². The van der Waals surface area contributed by atoms with E-state index in [1.54, 1.807) is 12.1 Å². The number of carbonyl (C=O) groups excluding carboxylic acids is 1. The molecule has 1 atom stereocenters. The van der Waals surface area contributed by atoms with Gasteiger partial charge in [0.05, 0.1) is 11.7 Å². The number of amides is 1. The summed E-state index contributed by atoms with van der Waals surface area (Å²) in [5.74, 6) is 0.596. The maximum absolute atomic E-state index is 13.2. The number of nitrogens with zero attached hydrogens (tertiary/aromatic N) is 1. The number of carbonyl (C=O) groups is 1. The van der Waals surface area contributed by atoms with E-state index < -0.39 is 15.4 Å². The number of nitrogens with one attached hydrogen (secondary N) is 2. The highest BCUT2D eigenvalue weighted by molar-refractivity contribution is 7.92. The Balaban J connectivity index is 1.72. The highest BCUT2D eigenvalue weighted by Gasteiger charge is 2.51. The zero-order valence-electron chi connectivity index (χ0n) is 17.2. The second kappa shape index (κ2) is 8.41. The molecule has 1 saturated heterocycles. The van der Waals surface area contributed by atoms with E-state index in [2.05, 4.69) is 28.8 Å². The molecule has 0 aromatic heterocycles. The summed E-state index contributed by atoms with van der Waals surface area (Å²) in [6.07, 6.45) is 6.19. The summed E-state index contributed by atoms with van der Waals surface area (Å²) in [7, 11) is -3.34. The van der Waals surface area contributed by atoms with Gasteiger partial charge < -0.3 is 10.2 Å². The molecule has 156 valence electrons. The van der Waals surface area contributed by atoms with Gasteiger partial charge in [-0.05, 0) is 68.8 Å². The third kappa shape index (κ3) is 5.47. The van der Waals surface area contributed by atoms with Crippen LogP contribution in [0.2, 0.25) is 0 Å². The van der Waals surface area contributed by atoms with Gasteiger partial charge in [-0.15, -0.1) is 0 Å². The molecule has 0 radical (unpaired) electrons. The van der Waals surface area contributed by atoms with E-state index in [1.807, 2.05) is 12.1 Å². The molecule has 2 aliphatic rings. The van der Waals surface area contributed by atoms with Crippen LogP contribution in [0.4, 0.5) is 5.69 Å². The number of sulfonamides is 1. The fourth-order valence-corrected chi connectivity index (χ4v) is 4.77. The number of likely N-dealkylation sites (tertiary alicyclic amines) is 1. The first kappa shape index (κ1) is 21.1. The third-order valence-corrected chi connectivity index (χ3v) is 6.28. The molecule has 28 heavy (non-hydrogen) atoms. The maximum Gasteiger partial charge on any atom is 0.230 e. The number of benzene rings is 1. The van der Waals surface area contributed by atoms with Crippen LogP contribution in [0.15, 0.2) is 24.3 Å². The van der Waals surface area contributed by atoms with E-state index in [4.69, 9.17) is 0 Å². The van der Waals surface area contributed by atoms with Crippen molar-refractivity contribution < 1.29 is 13.2 Å². The summed E-state index contributed by atoms with van der Waals surface area (Å²) < 4.78 is 25.6. The monoisotopic (exact) mass is 407 g/mol. The molecular weight excluding hydrogens is 374 g/mol. The molecule has 1 aliphatic carbocycles. The van der Waals surface area contributed by atoms with Crippen molar-refractivity contribution in [3.05, 3.63) is 29.8 Å². The van der Waals surface area contributed by atoms with Gasteiger partial charge in [-0.3, -0.25) is 9.52 Å². The second-order valence-electron chi connectivity index (χ2n) is 8.84. The molecule has 1 aromatic rings. The molecule has 3 rings (SSSR count). The van der Waals surface area contributed by atoms with E-state index in [0.29, 0.717) is 11.6 Å². The molecule has 1 unspecified atom stereocenters. The van der Waals surface area contributed by atoms with Crippen LogP contribution in [0.25, 0.3) is 0 Å². The first-order chi connectivity index (χ1) is 13.2. The molecule has 1 saturated carbocycles. The Morgan fingerprint density at radius 1 is 1.21 bits per heavy atom. The van der Waals surface area contributed by atoms with E-state index in [-0.39, 0.29) is 11.9 Å². The lowest BCUT2D eigenvalue weighted by Gasteiger charge is -2.28. The van der Waals surface area contributed by atoms with Crippen LogP contribution in [0.5, 0.6) is 0 Å². The zero-order chi connectivity index (χ0) is 20.4. The molecule has 1 aliphatic heterocycles. The van der Waals surface area contributed by atoms with Crippen LogP contribution in [0.1, 0.15) is 51.5 Å². The predicted molar refractivity (Wildman–Crippen MR) is 113 cm³/mol. The van der Waals surface area contributed by atoms with E-state index in [0.717, 1.165) is 50.7 Å². The van der Waals surface area contributed by atoms with Gasteiger partial charge in [0.15, 0.2) is 0 Å². The first-order valence-corrected chi connectivity index (χ1v) is 12.2. The van der Waals surface area contributed by atoms with Gasteiger partial charge in [0.25, 0.3) is 0 Å². The molecule has 1 heterocycles. The highest BCUT2D eigenvalue weighted by atomic mass is 32.2. The van der Waals surface area contributed by atoms with Crippen molar-refractivity contribution in [2.24, 2.45) is 5.92 Å². The SMILES string of the molecule is CC(C)CC(CN1CCCC1)NC(=O)C1(c2cccc(NS(C)(=O)=O)c2)CC1. The number of hydrogen-bond donors (Lipinski definition) is 2. The summed E-state index contributed by atoms with van der Waals surface area (Å²) in [6, 6.07) is 7.41. The van der Waals surface area contributed by atoms with Crippen LogP contribution in [0, 0.1) is 5.92 Å². The lowest BCUT2D eigenvalue weighted by Crippen LogP contribution is -2.47. The van der Waals surface area contributed by atoms with Crippen LogP contribution < -0.4 is 10.0 Å². The van der Waals surface area contributed by atoms with Crippen molar-refractivity contribution in [3.8, 4) is 0 Å². The largest absolute Gasteiger partial charge is 0.351 e. The Hall–Kier alpha value is -1.60. The topological polar surface area (TPSA) is 78.5 Å². The van der Waals surface area contributed by atoms with E-state index in [1.165, 1.54) is 12.8 Å². The van der Waals surface area contributed by atoms with Crippen molar-refractivity contribution in [1.82, 2.24) is 10.2 Å². The molecule has 0 bridgehead atoms. The van der Waals surface area contributed by atoms with Crippen molar-refractivity contribution in [3.63, 3.8) is 0 Å². The summed E-state index contributed by atoms with van der Waals surface area (Å²) in [5.41, 5.74) is 0.882. The summed E-state index contributed by atoms with van der Waals surface area (Å²) in [4.78, 5) is 15.7. The van der Waals surface area contributed by atoms with Crippen LogP contribution in [-0.2, 0) is 20.2 Å². The smallest absolute Gasteiger partial charge is 0.230 e. The van der Waals surface area contributed by atoms with E-state index in [9.17, 15) is 13.2 Å². The molecule has 7 heteroatoms. The van der Waals surface area contributed by atoms with Gasteiger partial charge in [-0.25, -0.2) is 8.42 Å². The quantitative estimate of drug-likeness (QED) is 0.660. The third-order valence-electron chi connectivity index (χ3n) is 5.67.